The summed E-state index contributed by atoms with van der Waals surface area (Å²) in [5, 5.41) is 9.58. The van der Waals surface area contributed by atoms with E-state index in [-0.39, 0.29) is 16.5 Å². The van der Waals surface area contributed by atoms with E-state index in [4.69, 9.17) is 9.72 Å². The SMILES string of the molecule is Cc1ccc(C(=O)O)c(N2CCC3(CCc4c3nc(N3CCOCC3)[nH]c4=O)CC2)n1. The summed E-state index contributed by atoms with van der Waals surface area (Å²) in [4.78, 5) is 41.1. The fourth-order valence-corrected chi connectivity index (χ4v) is 5.15. The van der Waals surface area contributed by atoms with Crippen molar-refractivity contribution in [2.24, 2.45) is 0 Å². The normalized spacial score (nSPS) is 20.2. The molecule has 4 heterocycles. The predicted molar refractivity (Wildman–Crippen MR) is 115 cm³/mol. The Morgan fingerprint density at radius 3 is 2.55 bits per heavy atom. The van der Waals surface area contributed by atoms with Crippen LogP contribution >= 0.6 is 0 Å². The number of carbonyl (C=O) groups is 1. The second-order valence-corrected chi connectivity index (χ2v) is 8.71. The van der Waals surface area contributed by atoms with Gasteiger partial charge < -0.3 is 19.6 Å². The number of aromatic carboxylic acids is 1. The van der Waals surface area contributed by atoms with E-state index in [1.807, 2.05) is 6.92 Å². The largest absolute Gasteiger partial charge is 0.478 e. The molecular formula is C22H27N5O4. The molecule has 3 aliphatic rings. The molecule has 0 amide bonds. The molecule has 2 aromatic rings. The predicted octanol–water partition coefficient (Wildman–Crippen LogP) is 1.49. The number of carboxylic acid groups (broad SMARTS) is 1. The number of aryl methyl sites for hydroxylation is 1. The third-order valence-corrected chi connectivity index (χ3v) is 6.93. The van der Waals surface area contributed by atoms with Crippen molar-refractivity contribution in [2.45, 2.75) is 38.0 Å². The van der Waals surface area contributed by atoms with Crippen LogP contribution in [0.1, 0.15) is 46.6 Å². The molecule has 31 heavy (non-hydrogen) atoms. The number of nitrogens with one attached hydrogen (secondary N) is 1. The lowest BCUT2D eigenvalue weighted by atomic mass is 9.76. The molecule has 1 aliphatic carbocycles. The molecule has 0 aromatic carbocycles. The molecule has 2 fully saturated rings. The summed E-state index contributed by atoms with van der Waals surface area (Å²) in [6.07, 6.45) is 3.30. The first-order chi connectivity index (χ1) is 15.0. The van der Waals surface area contributed by atoms with Gasteiger partial charge in [-0.05, 0) is 44.7 Å². The van der Waals surface area contributed by atoms with Crippen LogP contribution < -0.4 is 15.4 Å². The van der Waals surface area contributed by atoms with Crippen LogP contribution in [0.3, 0.4) is 0 Å². The zero-order valence-corrected chi connectivity index (χ0v) is 17.7. The van der Waals surface area contributed by atoms with Gasteiger partial charge in [0.1, 0.15) is 11.4 Å². The minimum Gasteiger partial charge on any atom is -0.478 e. The minimum absolute atomic E-state index is 0.0284. The first-order valence-corrected chi connectivity index (χ1v) is 10.9. The van der Waals surface area contributed by atoms with Crippen molar-refractivity contribution in [3.05, 3.63) is 45.0 Å². The maximum Gasteiger partial charge on any atom is 0.339 e. The van der Waals surface area contributed by atoms with E-state index in [1.165, 1.54) is 0 Å². The number of fused-ring (bicyclic) bond motifs is 2. The van der Waals surface area contributed by atoms with Gasteiger partial charge in [0.05, 0.1) is 18.9 Å². The van der Waals surface area contributed by atoms with E-state index < -0.39 is 5.97 Å². The number of pyridine rings is 1. The van der Waals surface area contributed by atoms with E-state index in [9.17, 15) is 14.7 Å². The van der Waals surface area contributed by atoms with Gasteiger partial charge in [0, 0.05) is 42.9 Å². The van der Waals surface area contributed by atoms with Crippen LogP contribution in [-0.2, 0) is 16.6 Å². The molecule has 2 aliphatic heterocycles. The summed E-state index contributed by atoms with van der Waals surface area (Å²) in [5.74, 6) is 0.218. The number of aromatic amines is 1. The van der Waals surface area contributed by atoms with Crippen LogP contribution in [0, 0.1) is 6.92 Å². The van der Waals surface area contributed by atoms with Crippen LogP contribution in [0.4, 0.5) is 11.8 Å². The number of piperidine rings is 1. The second-order valence-electron chi connectivity index (χ2n) is 8.71. The first kappa shape index (κ1) is 20.0. The molecule has 0 radical (unpaired) electrons. The highest BCUT2D eigenvalue weighted by Gasteiger charge is 2.44. The van der Waals surface area contributed by atoms with Crippen molar-refractivity contribution in [1.82, 2.24) is 15.0 Å². The number of anilines is 2. The average Bonchev–Trinajstić information content (AvgIpc) is 3.13. The smallest absolute Gasteiger partial charge is 0.339 e. The molecule has 0 unspecified atom stereocenters. The molecule has 9 heteroatoms. The molecule has 5 rings (SSSR count). The van der Waals surface area contributed by atoms with Gasteiger partial charge in [-0.3, -0.25) is 9.78 Å². The van der Waals surface area contributed by atoms with Gasteiger partial charge in [0.2, 0.25) is 5.95 Å². The minimum atomic E-state index is -0.961. The zero-order valence-electron chi connectivity index (χ0n) is 17.7. The fourth-order valence-electron chi connectivity index (χ4n) is 5.15. The third-order valence-electron chi connectivity index (χ3n) is 6.93. The molecule has 0 bridgehead atoms. The number of morpholine rings is 1. The molecular weight excluding hydrogens is 398 g/mol. The maximum atomic E-state index is 12.8. The number of nitrogens with zero attached hydrogens (tertiary/aromatic N) is 4. The standard InChI is InChI=1S/C22H27N5O4/c1-14-2-3-16(20(29)30)18(23-14)26-8-6-22(7-9-26)5-4-15-17(22)24-21(25-19(15)28)27-10-12-31-13-11-27/h2-3H,4-13H2,1H3,(H,29,30)(H,24,25,28). The summed E-state index contributed by atoms with van der Waals surface area (Å²) in [7, 11) is 0. The molecule has 0 saturated carbocycles. The van der Waals surface area contributed by atoms with Gasteiger partial charge in [0.15, 0.2) is 0 Å². The van der Waals surface area contributed by atoms with E-state index in [2.05, 4.69) is 19.8 Å². The Hall–Kier alpha value is -2.94. The van der Waals surface area contributed by atoms with Crippen LogP contribution in [0.25, 0.3) is 0 Å². The molecule has 0 atom stereocenters. The number of rotatable bonds is 3. The van der Waals surface area contributed by atoms with Gasteiger partial charge in [0.25, 0.3) is 5.56 Å². The Bertz CT molecular complexity index is 1070. The lowest BCUT2D eigenvalue weighted by Gasteiger charge is -2.40. The highest BCUT2D eigenvalue weighted by atomic mass is 16.5. The van der Waals surface area contributed by atoms with Crippen LogP contribution in [-0.4, -0.2) is 65.4 Å². The molecule has 1 spiro atoms. The highest BCUT2D eigenvalue weighted by molar-refractivity contribution is 5.93. The Kier molecular flexibility index (Phi) is 4.92. The van der Waals surface area contributed by atoms with Gasteiger partial charge in [-0.2, -0.15) is 0 Å². The third kappa shape index (κ3) is 3.46. The quantitative estimate of drug-likeness (QED) is 0.761. The summed E-state index contributed by atoms with van der Waals surface area (Å²) >= 11 is 0. The second kappa shape index (κ2) is 7.64. The van der Waals surface area contributed by atoms with Crippen molar-refractivity contribution >= 4 is 17.7 Å². The Morgan fingerprint density at radius 2 is 1.84 bits per heavy atom. The van der Waals surface area contributed by atoms with Crippen molar-refractivity contribution in [3.8, 4) is 0 Å². The summed E-state index contributed by atoms with van der Waals surface area (Å²) in [6, 6.07) is 3.36. The average molecular weight is 425 g/mol. The number of hydrogen-bond donors (Lipinski definition) is 2. The van der Waals surface area contributed by atoms with Gasteiger partial charge in [-0.15, -0.1) is 0 Å². The molecule has 2 aromatic heterocycles. The molecule has 2 N–H and O–H groups in total. The molecule has 9 nitrogen and oxygen atoms in total. The Labute approximate surface area is 180 Å². The number of hydrogen-bond acceptors (Lipinski definition) is 7. The van der Waals surface area contributed by atoms with Crippen LogP contribution in [0.2, 0.25) is 0 Å². The molecule has 2 saturated heterocycles. The highest BCUT2D eigenvalue weighted by Crippen LogP contribution is 2.45. The maximum absolute atomic E-state index is 12.8. The summed E-state index contributed by atoms with van der Waals surface area (Å²) in [5.41, 5.74) is 2.62. The number of ether oxygens (including phenoxy) is 1. The lowest BCUT2D eigenvalue weighted by Crippen LogP contribution is -2.44. The summed E-state index contributed by atoms with van der Waals surface area (Å²) in [6.45, 7) is 5.97. The van der Waals surface area contributed by atoms with Crippen molar-refractivity contribution in [1.29, 1.82) is 0 Å². The Morgan fingerprint density at radius 1 is 1.10 bits per heavy atom. The van der Waals surface area contributed by atoms with Gasteiger partial charge >= 0.3 is 5.97 Å². The number of H-pyrrole nitrogens is 1. The van der Waals surface area contributed by atoms with Crippen molar-refractivity contribution in [2.75, 3.05) is 49.2 Å². The van der Waals surface area contributed by atoms with Crippen LogP contribution in [0.15, 0.2) is 16.9 Å². The Balaban J connectivity index is 1.43. The van der Waals surface area contributed by atoms with E-state index in [1.54, 1.807) is 12.1 Å². The van der Waals surface area contributed by atoms with E-state index in [0.29, 0.717) is 38.1 Å². The lowest BCUT2D eigenvalue weighted by molar-refractivity contribution is 0.0697. The van der Waals surface area contributed by atoms with Crippen molar-refractivity contribution in [3.63, 3.8) is 0 Å². The fraction of sp³-hybridized carbons (Fsp3) is 0.545. The molecule has 164 valence electrons. The zero-order chi connectivity index (χ0) is 21.6. The van der Waals surface area contributed by atoms with Gasteiger partial charge in [-0.25, -0.2) is 14.8 Å². The monoisotopic (exact) mass is 425 g/mol. The topological polar surface area (TPSA) is 112 Å². The number of aromatic nitrogens is 3. The van der Waals surface area contributed by atoms with Gasteiger partial charge in [-0.1, -0.05) is 0 Å². The van der Waals surface area contributed by atoms with E-state index >= 15 is 0 Å². The van der Waals surface area contributed by atoms with E-state index in [0.717, 1.165) is 55.7 Å². The van der Waals surface area contributed by atoms with Crippen molar-refractivity contribution < 1.29 is 14.6 Å². The summed E-state index contributed by atoms with van der Waals surface area (Å²) < 4.78 is 5.43. The van der Waals surface area contributed by atoms with Crippen LogP contribution in [0.5, 0.6) is 0 Å². The first-order valence-electron chi connectivity index (χ1n) is 10.9. The number of carboxylic acids is 1.